The summed E-state index contributed by atoms with van der Waals surface area (Å²) in [6.45, 7) is 7.38. The van der Waals surface area contributed by atoms with Crippen molar-refractivity contribution in [1.29, 1.82) is 0 Å². The van der Waals surface area contributed by atoms with Crippen molar-refractivity contribution in [3.8, 4) is 0 Å². The summed E-state index contributed by atoms with van der Waals surface area (Å²) in [6.07, 6.45) is 4.15. The van der Waals surface area contributed by atoms with Crippen molar-refractivity contribution >= 4 is 11.8 Å². The van der Waals surface area contributed by atoms with Crippen molar-refractivity contribution in [2.45, 2.75) is 37.5 Å². The van der Waals surface area contributed by atoms with E-state index in [2.05, 4.69) is 28.9 Å². The molecule has 82 valence electrons. The van der Waals surface area contributed by atoms with E-state index in [-0.39, 0.29) is 0 Å². The molecule has 1 aliphatic carbocycles. The third kappa shape index (κ3) is 3.44. The first kappa shape index (κ1) is 10.8. The predicted molar refractivity (Wildman–Crippen MR) is 64.0 cm³/mol. The van der Waals surface area contributed by atoms with E-state index < -0.39 is 0 Å². The minimum Gasteiger partial charge on any atom is -0.313 e. The van der Waals surface area contributed by atoms with E-state index in [1.807, 2.05) is 0 Å². The van der Waals surface area contributed by atoms with Crippen LogP contribution >= 0.6 is 11.8 Å². The first-order valence-corrected chi connectivity index (χ1v) is 7.00. The molecule has 2 fully saturated rings. The van der Waals surface area contributed by atoms with Crippen molar-refractivity contribution in [3.63, 3.8) is 0 Å². The van der Waals surface area contributed by atoms with Gasteiger partial charge in [-0.3, -0.25) is 0 Å². The molecule has 1 unspecified atom stereocenters. The van der Waals surface area contributed by atoms with Gasteiger partial charge in [-0.15, -0.1) is 0 Å². The molecule has 0 spiro atoms. The highest BCUT2D eigenvalue weighted by Crippen LogP contribution is 2.21. The Bertz CT molecular complexity index is 171. The van der Waals surface area contributed by atoms with E-state index in [0.29, 0.717) is 0 Å². The van der Waals surface area contributed by atoms with Gasteiger partial charge in [0.05, 0.1) is 0 Å². The fraction of sp³-hybridized carbons (Fsp3) is 1.00. The zero-order valence-electron chi connectivity index (χ0n) is 9.17. The van der Waals surface area contributed by atoms with Gasteiger partial charge in [-0.1, -0.05) is 6.92 Å². The maximum atomic E-state index is 3.59. The molecular formula is C11H22N2S. The Morgan fingerprint density at radius 1 is 1.43 bits per heavy atom. The molecule has 0 amide bonds. The number of rotatable bonds is 5. The molecule has 2 rings (SSSR count). The number of nitrogens with one attached hydrogen (secondary N) is 1. The predicted octanol–water partition coefficient (Wildman–Crippen LogP) is 1.57. The molecule has 1 aliphatic heterocycles. The average molecular weight is 214 g/mol. The fourth-order valence-corrected chi connectivity index (χ4v) is 3.19. The normalized spacial score (nSPS) is 29.4. The van der Waals surface area contributed by atoms with Crippen LogP contribution in [-0.2, 0) is 0 Å². The van der Waals surface area contributed by atoms with Crippen LogP contribution in [-0.4, -0.2) is 48.1 Å². The van der Waals surface area contributed by atoms with Crippen molar-refractivity contribution in [2.24, 2.45) is 0 Å². The highest BCUT2D eigenvalue weighted by molar-refractivity contribution is 8.00. The van der Waals surface area contributed by atoms with Gasteiger partial charge in [0, 0.05) is 43.2 Å². The molecule has 2 aliphatic rings. The summed E-state index contributed by atoms with van der Waals surface area (Å²) in [5.41, 5.74) is 0. The summed E-state index contributed by atoms with van der Waals surface area (Å²) in [6, 6.07) is 0.871. The molecular weight excluding hydrogens is 192 g/mol. The van der Waals surface area contributed by atoms with E-state index in [0.717, 1.165) is 11.3 Å². The Hall–Kier alpha value is 0.270. The first-order chi connectivity index (χ1) is 6.88. The molecule has 1 atom stereocenters. The van der Waals surface area contributed by atoms with Gasteiger partial charge >= 0.3 is 0 Å². The van der Waals surface area contributed by atoms with Crippen molar-refractivity contribution in [1.82, 2.24) is 10.2 Å². The van der Waals surface area contributed by atoms with E-state index in [1.165, 1.54) is 51.2 Å². The molecule has 0 aromatic carbocycles. The number of nitrogens with zero attached hydrogens (tertiary/aromatic N) is 1. The number of hydrogen-bond acceptors (Lipinski definition) is 3. The fourth-order valence-electron chi connectivity index (χ4n) is 1.94. The Morgan fingerprint density at radius 3 is 3.00 bits per heavy atom. The van der Waals surface area contributed by atoms with Crippen LogP contribution < -0.4 is 5.32 Å². The zero-order chi connectivity index (χ0) is 9.80. The van der Waals surface area contributed by atoms with Crippen LogP contribution in [0.5, 0.6) is 0 Å². The van der Waals surface area contributed by atoms with Crippen LogP contribution in [0, 0.1) is 0 Å². The Kier molecular flexibility index (Phi) is 4.14. The third-order valence-corrected chi connectivity index (χ3v) is 4.49. The minimum absolute atomic E-state index is 0.871. The maximum absolute atomic E-state index is 3.59. The molecule has 3 heteroatoms. The molecule has 0 radical (unpaired) electrons. The van der Waals surface area contributed by atoms with Crippen molar-refractivity contribution in [3.05, 3.63) is 0 Å². The summed E-state index contributed by atoms with van der Waals surface area (Å²) in [5, 5.41) is 4.48. The summed E-state index contributed by atoms with van der Waals surface area (Å²) in [4.78, 5) is 2.63. The topological polar surface area (TPSA) is 15.3 Å². The Labute approximate surface area is 91.8 Å². The second-order valence-corrected chi connectivity index (χ2v) is 5.84. The number of hydrogen-bond donors (Lipinski definition) is 1. The Morgan fingerprint density at radius 2 is 2.29 bits per heavy atom. The molecule has 1 heterocycles. The maximum Gasteiger partial charge on any atom is 0.0172 e. The van der Waals surface area contributed by atoms with Crippen molar-refractivity contribution in [2.75, 3.05) is 31.9 Å². The molecule has 14 heavy (non-hydrogen) atoms. The van der Waals surface area contributed by atoms with Gasteiger partial charge in [0.2, 0.25) is 0 Å². The zero-order valence-corrected chi connectivity index (χ0v) is 9.98. The van der Waals surface area contributed by atoms with Crippen LogP contribution in [0.3, 0.4) is 0 Å². The van der Waals surface area contributed by atoms with Gasteiger partial charge in [-0.25, -0.2) is 0 Å². The number of thioether (sulfide) groups is 1. The summed E-state index contributed by atoms with van der Waals surface area (Å²) >= 11 is 2.16. The van der Waals surface area contributed by atoms with Gasteiger partial charge < -0.3 is 10.2 Å². The van der Waals surface area contributed by atoms with Gasteiger partial charge in [-0.2, -0.15) is 11.8 Å². The second kappa shape index (κ2) is 5.38. The lowest BCUT2D eigenvalue weighted by Gasteiger charge is -2.31. The van der Waals surface area contributed by atoms with Gasteiger partial charge in [0.25, 0.3) is 0 Å². The molecule has 1 saturated heterocycles. The molecule has 0 bridgehead atoms. The molecule has 1 saturated carbocycles. The largest absolute Gasteiger partial charge is 0.313 e. The smallest absolute Gasteiger partial charge is 0.0172 e. The highest BCUT2D eigenvalue weighted by atomic mass is 32.2. The highest BCUT2D eigenvalue weighted by Gasteiger charge is 2.21. The lowest BCUT2D eigenvalue weighted by Crippen LogP contribution is -2.41. The quantitative estimate of drug-likeness (QED) is 0.748. The van der Waals surface area contributed by atoms with E-state index in [9.17, 15) is 0 Å². The Balaban J connectivity index is 1.58. The van der Waals surface area contributed by atoms with Gasteiger partial charge in [-0.05, 0) is 19.3 Å². The summed E-state index contributed by atoms with van der Waals surface area (Å²) in [5.74, 6) is 1.34. The van der Waals surface area contributed by atoms with Gasteiger partial charge in [0.15, 0.2) is 0 Å². The minimum atomic E-state index is 0.871. The monoisotopic (exact) mass is 214 g/mol. The van der Waals surface area contributed by atoms with Crippen LogP contribution in [0.2, 0.25) is 0 Å². The molecule has 0 aromatic rings. The second-order valence-electron chi connectivity index (χ2n) is 4.43. The van der Waals surface area contributed by atoms with E-state index >= 15 is 0 Å². The van der Waals surface area contributed by atoms with Crippen LogP contribution in [0.1, 0.15) is 26.2 Å². The van der Waals surface area contributed by atoms with Crippen molar-refractivity contribution < 1.29 is 0 Å². The van der Waals surface area contributed by atoms with E-state index in [1.54, 1.807) is 0 Å². The summed E-state index contributed by atoms with van der Waals surface area (Å²) in [7, 11) is 0. The summed E-state index contributed by atoms with van der Waals surface area (Å²) < 4.78 is 0. The lowest BCUT2D eigenvalue weighted by molar-refractivity contribution is 0.280. The SMILES string of the molecule is CCC1CN(CCNC2CC2)CCS1. The lowest BCUT2D eigenvalue weighted by atomic mass is 10.3. The molecule has 0 aromatic heterocycles. The van der Waals surface area contributed by atoms with Crippen LogP contribution in [0.15, 0.2) is 0 Å². The van der Waals surface area contributed by atoms with Crippen LogP contribution in [0.4, 0.5) is 0 Å². The van der Waals surface area contributed by atoms with E-state index in [4.69, 9.17) is 0 Å². The standard InChI is InChI=1S/C11H22N2S/c1-2-11-9-13(7-8-14-11)6-5-12-10-3-4-10/h10-12H,2-9H2,1H3. The average Bonchev–Trinajstić information content (AvgIpc) is 3.02. The van der Waals surface area contributed by atoms with Crippen LogP contribution in [0.25, 0.3) is 0 Å². The molecule has 1 N–H and O–H groups in total. The molecule has 2 nitrogen and oxygen atoms in total. The van der Waals surface area contributed by atoms with Gasteiger partial charge in [0.1, 0.15) is 0 Å². The first-order valence-electron chi connectivity index (χ1n) is 5.96. The third-order valence-electron chi connectivity index (χ3n) is 3.12.